The summed E-state index contributed by atoms with van der Waals surface area (Å²) < 4.78 is 22.3. The van der Waals surface area contributed by atoms with Crippen molar-refractivity contribution >= 4 is 33.0 Å². The largest absolute Gasteiger partial charge is 0.299 e. The molecule has 0 radical (unpaired) electrons. The van der Waals surface area contributed by atoms with Crippen LogP contribution in [0.2, 0.25) is 10.0 Å². The third-order valence-electron chi connectivity index (χ3n) is 2.90. The highest BCUT2D eigenvalue weighted by molar-refractivity contribution is 7.90. The lowest BCUT2D eigenvalue weighted by Gasteiger charge is -2.25. The van der Waals surface area contributed by atoms with Crippen molar-refractivity contribution in [1.82, 2.24) is 4.90 Å². The van der Waals surface area contributed by atoms with Crippen LogP contribution in [-0.4, -0.2) is 38.9 Å². The van der Waals surface area contributed by atoms with E-state index in [1.165, 1.54) is 6.26 Å². The minimum Gasteiger partial charge on any atom is -0.299 e. The second-order valence-electron chi connectivity index (χ2n) is 4.46. The molecule has 0 aromatic heterocycles. The zero-order valence-electron chi connectivity index (χ0n) is 10.7. The Hall–Kier alpha value is -0.290. The number of sulfone groups is 1. The van der Waals surface area contributed by atoms with E-state index >= 15 is 0 Å². The number of hydrogen-bond donors (Lipinski definition) is 0. The van der Waals surface area contributed by atoms with Crippen LogP contribution in [-0.2, 0) is 9.84 Å². The number of hydrogen-bond acceptors (Lipinski definition) is 3. The van der Waals surface area contributed by atoms with Crippen molar-refractivity contribution in [2.75, 3.05) is 25.6 Å². The van der Waals surface area contributed by atoms with Crippen molar-refractivity contribution in [1.29, 1.82) is 0 Å². The number of halogens is 2. The quantitative estimate of drug-likeness (QED) is 0.839. The first-order valence-corrected chi connectivity index (χ1v) is 8.35. The zero-order valence-corrected chi connectivity index (χ0v) is 13.0. The monoisotopic (exact) mass is 309 g/mol. The molecule has 0 amide bonds. The molecular weight excluding hydrogens is 293 g/mol. The van der Waals surface area contributed by atoms with Gasteiger partial charge in [0, 0.05) is 18.8 Å². The fourth-order valence-electron chi connectivity index (χ4n) is 1.53. The third kappa shape index (κ3) is 4.76. The smallest absolute Gasteiger partial charge is 0.148 e. The van der Waals surface area contributed by atoms with Crippen molar-refractivity contribution in [2.45, 2.75) is 13.0 Å². The van der Waals surface area contributed by atoms with Gasteiger partial charge in [-0.15, -0.1) is 0 Å². The van der Waals surface area contributed by atoms with Crippen LogP contribution < -0.4 is 0 Å². The molecule has 0 fully saturated rings. The van der Waals surface area contributed by atoms with E-state index in [9.17, 15) is 8.42 Å². The van der Waals surface area contributed by atoms with Gasteiger partial charge in [0.05, 0.1) is 15.8 Å². The highest BCUT2D eigenvalue weighted by Gasteiger charge is 2.14. The topological polar surface area (TPSA) is 37.4 Å². The van der Waals surface area contributed by atoms with Crippen LogP contribution in [0.5, 0.6) is 0 Å². The number of rotatable bonds is 5. The summed E-state index contributed by atoms with van der Waals surface area (Å²) in [6, 6.07) is 5.54. The van der Waals surface area contributed by atoms with Gasteiger partial charge in [0.15, 0.2) is 0 Å². The summed E-state index contributed by atoms with van der Waals surface area (Å²) in [7, 11) is -1.05. The van der Waals surface area contributed by atoms with E-state index < -0.39 is 9.84 Å². The van der Waals surface area contributed by atoms with Crippen LogP contribution in [0.15, 0.2) is 18.2 Å². The Morgan fingerprint density at radius 3 is 2.39 bits per heavy atom. The minimum absolute atomic E-state index is 0.0847. The van der Waals surface area contributed by atoms with Gasteiger partial charge in [0.25, 0.3) is 0 Å². The molecule has 0 aliphatic heterocycles. The lowest BCUT2D eigenvalue weighted by atomic mass is 10.1. The molecule has 3 nitrogen and oxygen atoms in total. The van der Waals surface area contributed by atoms with E-state index in [1.54, 1.807) is 6.07 Å². The SMILES string of the molecule is CC(c1ccc(Cl)c(Cl)c1)N(C)CCS(C)(=O)=O. The van der Waals surface area contributed by atoms with Gasteiger partial charge >= 0.3 is 0 Å². The van der Waals surface area contributed by atoms with Gasteiger partial charge in [-0.1, -0.05) is 29.3 Å². The average molecular weight is 310 g/mol. The van der Waals surface area contributed by atoms with E-state index in [0.717, 1.165) is 5.56 Å². The summed E-state index contributed by atoms with van der Waals surface area (Å²) in [5, 5.41) is 1.03. The predicted octanol–water partition coefficient (Wildman–Crippen LogP) is 3.03. The van der Waals surface area contributed by atoms with Crippen LogP contribution in [0.25, 0.3) is 0 Å². The van der Waals surface area contributed by atoms with Crippen molar-refractivity contribution in [3.63, 3.8) is 0 Å². The Bertz CT molecular complexity index is 517. The maximum atomic E-state index is 11.1. The van der Waals surface area contributed by atoms with Crippen molar-refractivity contribution in [2.24, 2.45) is 0 Å². The summed E-state index contributed by atoms with van der Waals surface area (Å²) >= 11 is 11.8. The van der Waals surface area contributed by atoms with E-state index in [4.69, 9.17) is 23.2 Å². The average Bonchev–Trinajstić information content (AvgIpc) is 2.27. The molecule has 0 saturated carbocycles. The van der Waals surface area contributed by atoms with Crippen LogP contribution in [0.1, 0.15) is 18.5 Å². The molecule has 0 bridgehead atoms. The summed E-state index contributed by atoms with van der Waals surface area (Å²) in [5.41, 5.74) is 1.01. The van der Waals surface area contributed by atoms with Crippen molar-refractivity contribution in [3.05, 3.63) is 33.8 Å². The molecule has 0 aliphatic carbocycles. The number of benzene rings is 1. The highest BCUT2D eigenvalue weighted by atomic mass is 35.5. The van der Waals surface area contributed by atoms with Gasteiger partial charge < -0.3 is 0 Å². The molecule has 18 heavy (non-hydrogen) atoms. The standard InChI is InChI=1S/C12H17Cl2NO2S/c1-9(15(2)6-7-18(3,16)17)10-4-5-11(13)12(14)8-10/h4-5,8-9H,6-7H2,1-3H3. The third-order valence-corrected chi connectivity index (χ3v) is 4.57. The van der Waals surface area contributed by atoms with Crippen molar-refractivity contribution in [3.8, 4) is 0 Å². The first kappa shape index (κ1) is 15.8. The fourth-order valence-corrected chi connectivity index (χ4v) is 2.46. The van der Waals surface area contributed by atoms with Crippen LogP contribution in [0.4, 0.5) is 0 Å². The van der Waals surface area contributed by atoms with Gasteiger partial charge in [-0.2, -0.15) is 0 Å². The second kappa shape index (κ2) is 6.24. The lowest BCUT2D eigenvalue weighted by Crippen LogP contribution is -2.28. The Morgan fingerprint density at radius 2 is 1.89 bits per heavy atom. The second-order valence-corrected chi connectivity index (χ2v) is 7.53. The molecule has 1 aromatic rings. The van der Waals surface area contributed by atoms with E-state index in [2.05, 4.69) is 0 Å². The lowest BCUT2D eigenvalue weighted by molar-refractivity contribution is 0.277. The molecule has 1 unspecified atom stereocenters. The molecular formula is C12H17Cl2NO2S. The van der Waals surface area contributed by atoms with Gasteiger partial charge in [0.2, 0.25) is 0 Å². The van der Waals surface area contributed by atoms with Gasteiger partial charge in [-0.3, -0.25) is 4.90 Å². The summed E-state index contributed by atoms with van der Waals surface area (Å²) in [6.45, 7) is 2.49. The van der Waals surface area contributed by atoms with Crippen LogP contribution in [0, 0.1) is 0 Å². The maximum absolute atomic E-state index is 11.1. The maximum Gasteiger partial charge on any atom is 0.148 e. The molecule has 0 N–H and O–H groups in total. The normalized spacial score (nSPS) is 13.9. The Labute approximate surface area is 119 Å². The highest BCUT2D eigenvalue weighted by Crippen LogP contribution is 2.27. The predicted molar refractivity (Wildman–Crippen MR) is 77.2 cm³/mol. The van der Waals surface area contributed by atoms with E-state index in [0.29, 0.717) is 16.6 Å². The molecule has 0 saturated heterocycles. The first-order valence-electron chi connectivity index (χ1n) is 5.53. The van der Waals surface area contributed by atoms with E-state index in [1.807, 2.05) is 31.0 Å². The Morgan fingerprint density at radius 1 is 1.28 bits per heavy atom. The van der Waals surface area contributed by atoms with Crippen molar-refractivity contribution < 1.29 is 8.42 Å². The molecule has 6 heteroatoms. The summed E-state index contributed by atoms with van der Waals surface area (Å²) in [4.78, 5) is 1.97. The van der Waals surface area contributed by atoms with Gasteiger partial charge in [-0.25, -0.2) is 8.42 Å². The molecule has 1 rings (SSSR count). The molecule has 0 spiro atoms. The van der Waals surface area contributed by atoms with Gasteiger partial charge in [-0.05, 0) is 31.7 Å². The van der Waals surface area contributed by atoms with Crippen LogP contribution >= 0.6 is 23.2 Å². The zero-order chi connectivity index (χ0) is 13.9. The van der Waals surface area contributed by atoms with Gasteiger partial charge in [0.1, 0.15) is 9.84 Å². The number of nitrogens with zero attached hydrogens (tertiary/aromatic N) is 1. The summed E-state index contributed by atoms with van der Waals surface area (Å²) in [6.07, 6.45) is 1.24. The van der Waals surface area contributed by atoms with E-state index in [-0.39, 0.29) is 11.8 Å². The molecule has 0 heterocycles. The Kier molecular flexibility index (Phi) is 5.46. The molecule has 1 aromatic carbocycles. The molecule has 0 aliphatic rings. The minimum atomic E-state index is -2.94. The fraction of sp³-hybridized carbons (Fsp3) is 0.500. The first-order chi connectivity index (χ1) is 8.20. The summed E-state index contributed by atoms with van der Waals surface area (Å²) in [5.74, 6) is 0.148. The Balaban J connectivity index is 2.74. The molecule has 102 valence electrons. The molecule has 1 atom stereocenters. The van der Waals surface area contributed by atoms with Crippen LogP contribution in [0.3, 0.4) is 0 Å².